The number of Topliss-reactive ketones (excluding diaryl/α,β-unsaturated/α-hetero) is 1. The van der Waals surface area contributed by atoms with E-state index in [-0.39, 0.29) is 0 Å². The zero-order chi connectivity index (χ0) is 11.7. The number of hydrogen-bond donors (Lipinski definition) is 1. The number of halogens is 1. The van der Waals surface area contributed by atoms with Crippen LogP contribution < -0.4 is 5.32 Å². The van der Waals surface area contributed by atoms with Crippen molar-refractivity contribution in [2.24, 2.45) is 0 Å². The third-order valence-corrected chi connectivity index (χ3v) is 2.76. The molecule has 16 heavy (non-hydrogen) atoms. The van der Waals surface area contributed by atoms with Gasteiger partial charge in [-0.25, -0.2) is 4.79 Å². The van der Waals surface area contributed by atoms with Crippen molar-refractivity contribution in [3.05, 3.63) is 23.0 Å². The van der Waals surface area contributed by atoms with Gasteiger partial charge in [0.2, 0.25) is 0 Å². The monoisotopic (exact) mass is 240 g/mol. The zero-order valence-electron chi connectivity index (χ0n) is 8.49. The predicted molar refractivity (Wildman–Crippen MR) is 57.5 cm³/mol. The fourth-order valence-corrected chi connectivity index (χ4v) is 1.87. The molecule has 1 unspecified atom stereocenters. The molecule has 0 saturated heterocycles. The van der Waals surface area contributed by atoms with Crippen LogP contribution in [0, 0.1) is 0 Å². The molecular formula is C10H9ClN2O3. The number of anilines is 1. The molecule has 0 aliphatic carbocycles. The highest BCUT2D eigenvalue weighted by Crippen LogP contribution is 2.35. The summed E-state index contributed by atoms with van der Waals surface area (Å²) in [5, 5.41) is 3.45. The second kappa shape index (κ2) is 4.09. The Kier molecular flexibility index (Phi) is 2.78. The lowest BCUT2D eigenvalue weighted by atomic mass is 10.0. The van der Waals surface area contributed by atoms with Crippen LogP contribution in [0.5, 0.6) is 0 Å². The summed E-state index contributed by atoms with van der Waals surface area (Å²) in [6, 6.07) is 1.62. The van der Waals surface area contributed by atoms with E-state index in [1.807, 2.05) is 0 Å². The van der Waals surface area contributed by atoms with Gasteiger partial charge in [-0.05, 0) is 6.07 Å². The lowest BCUT2D eigenvalue weighted by Gasteiger charge is -2.05. The van der Waals surface area contributed by atoms with Crippen molar-refractivity contribution >= 4 is 29.0 Å². The second-order valence-electron chi connectivity index (χ2n) is 3.34. The Morgan fingerprint density at radius 2 is 2.38 bits per heavy atom. The van der Waals surface area contributed by atoms with Gasteiger partial charge < -0.3 is 10.1 Å². The Bertz CT molecular complexity index is 461. The van der Waals surface area contributed by atoms with Crippen LogP contribution in [0.25, 0.3) is 0 Å². The van der Waals surface area contributed by atoms with E-state index < -0.39 is 17.7 Å². The van der Waals surface area contributed by atoms with Crippen LogP contribution in [0.15, 0.2) is 12.3 Å². The van der Waals surface area contributed by atoms with Crippen molar-refractivity contribution in [2.75, 3.05) is 19.0 Å². The van der Waals surface area contributed by atoms with E-state index in [0.29, 0.717) is 22.9 Å². The maximum atomic E-state index is 11.7. The van der Waals surface area contributed by atoms with Crippen molar-refractivity contribution in [1.29, 1.82) is 0 Å². The van der Waals surface area contributed by atoms with Gasteiger partial charge in [0, 0.05) is 12.7 Å². The zero-order valence-corrected chi connectivity index (χ0v) is 9.25. The predicted octanol–water partition coefficient (Wildman–Crippen LogP) is 0.986. The van der Waals surface area contributed by atoms with Crippen LogP contribution in [0.1, 0.15) is 11.6 Å². The first kappa shape index (κ1) is 10.9. The van der Waals surface area contributed by atoms with Crippen LogP contribution in [0.2, 0.25) is 5.02 Å². The number of ether oxygens (including phenoxy) is 1. The Hall–Kier alpha value is -1.62. The fourth-order valence-electron chi connectivity index (χ4n) is 1.65. The SMILES string of the molecule is COC(=O)C(=O)C1CNc2c(Cl)ccnc21. The molecule has 1 aliphatic rings. The van der Waals surface area contributed by atoms with Crippen LogP contribution in [-0.2, 0) is 14.3 Å². The van der Waals surface area contributed by atoms with Crippen molar-refractivity contribution in [1.82, 2.24) is 4.98 Å². The highest BCUT2D eigenvalue weighted by Gasteiger charge is 2.35. The Labute approximate surface area is 96.8 Å². The summed E-state index contributed by atoms with van der Waals surface area (Å²) in [4.78, 5) is 26.8. The van der Waals surface area contributed by atoms with Gasteiger partial charge in [0.15, 0.2) is 0 Å². The summed E-state index contributed by atoms with van der Waals surface area (Å²) in [6.45, 7) is 0.319. The smallest absolute Gasteiger partial charge is 0.375 e. The number of nitrogens with one attached hydrogen (secondary N) is 1. The van der Waals surface area contributed by atoms with Gasteiger partial charge in [-0.3, -0.25) is 9.78 Å². The summed E-state index contributed by atoms with van der Waals surface area (Å²) in [6.07, 6.45) is 1.51. The topological polar surface area (TPSA) is 68.3 Å². The molecule has 1 aromatic heterocycles. The van der Waals surface area contributed by atoms with Gasteiger partial charge in [-0.2, -0.15) is 0 Å². The Morgan fingerprint density at radius 1 is 1.62 bits per heavy atom. The second-order valence-corrected chi connectivity index (χ2v) is 3.75. The molecule has 2 rings (SSSR count). The first-order valence-corrected chi connectivity index (χ1v) is 5.03. The highest BCUT2D eigenvalue weighted by molar-refractivity contribution is 6.37. The maximum Gasteiger partial charge on any atom is 0.375 e. The van der Waals surface area contributed by atoms with E-state index >= 15 is 0 Å². The summed E-state index contributed by atoms with van der Waals surface area (Å²) < 4.78 is 4.39. The average Bonchev–Trinajstić information content (AvgIpc) is 2.72. The molecule has 5 nitrogen and oxygen atoms in total. The standard InChI is InChI=1S/C10H9ClN2O3/c1-16-10(15)9(14)5-4-13-8-6(11)2-3-12-7(5)8/h2-3,5,13H,4H2,1H3. The summed E-state index contributed by atoms with van der Waals surface area (Å²) in [5.41, 5.74) is 1.12. The van der Waals surface area contributed by atoms with Crippen molar-refractivity contribution in [3.63, 3.8) is 0 Å². The summed E-state index contributed by atoms with van der Waals surface area (Å²) in [7, 11) is 1.18. The molecule has 0 radical (unpaired) electrons. The number of hydrogen-bond acceptors (Lipinski definition) is 5. The number of methoxy groups -OCH3 is 1. The van der Waals surface area contributed by atoms with Gasteiger partial charge in [0.05, 0.1) is 29.4 Å². The molecule has 2 heterocycles. The van der Waals surface area contributed by atoms with Gasteiger partial charge in [-0.1, -0.05) is 11.6 Å². The minimum Gasteiger partial charge on any atom is -0.463 e. The molecule has 0 saturated carbocycles. The number of esters is 1. The minimum absolute atomic E-state index is 0.319. The number of carbonyl (C=O) groups is 2. The number of nitrogens with zero attached hydrogens (tertiary/aromatic N) is 1. The molecular weight excluding hydrogens is 232 g/mol. The van der Waals surface area contributed by atoms with Crippen LogP contribution in [-0.4, -0.2) is 30.4 Å². The third kappa shape index (κ3) is 1.63. The molecule has 6 heteroatoms. The third-order valence-electron chi connectivity index (χ3n) is 2.45. The number of rotatable bonds is 2. The molecule has 0 aromatic carbocycles. The number of ketones is 1. The Morgan fingerprint density at radius 3 is 3.06 bits per heavy atom. The molecule has 0 amide bonds. The van der Waals surface area contributed by atoms with E-state index in [2.05, 4.69) is 15.0 Å². The summed E-state index contributed by atoms with van der Waals surface area (Å²) in [5.74, 6) is -2.08. The van der Waals surface area contributed by atoms with Crippen molar-refractivity contribution in [2.45, 2.75) is 5.92 Å². The van der Waals surface area contributed by atoms with Crippen molar-refractivity contribution in [3.8, 4) is 0 Å². The number of aromatic nitrogens is 1. The normalized spacial score (nSPS) is 17.5. The van der Waals surface area contributed by atoms with E-state index in [0.717, 1.165) is 0 Å². The first-order valence-electron chi connectivity index (χ1n) is 4.65. The lowest BCUT2D eigenvalue weighted by Crippen LogP contribution is -2.25. The van der Waals surface area contributed by atoms with Crippen LogP contribution >= 0.6 is 11.6 Å². The molecule has 1 N–H and O–H groups in total. The number of fused-ring (bicyclic) bond motifs is 1. The van der Waals surface area contributed by atoms with Crippen LogP contribution in [0.3, 0.4) is 0 Å². The van der Waals surface area contributed by atoms with Gasteiger partial charge in [0.1, 0.15) is 0 Å². The van der Waals surface area contributed by atoms with E-state index in [1.54, 1.807) is 6.07 Å². The van der Waals surface area contributed by atoms with Crippen molar-refractivity contribution < 1.29 is 14.3 Å². The average molecular weight is 241 g/mol. The Balaban J connectivity index is 2.34. The molecule has 1 aromatic rings. The van der Waals surface area contributed by atoms with Crippen LogP contribution in [0.4, 0.5) is 5.69 Å². The lowest BCUT2D eigenvalue weighted by molar-refractivity contribution is -0.152. The van der Waals surface area contributed by atoms with Gasteiger partial charge in [-0.15, -0.1) is 0 Å². The molecule has 0 spiro atoms. The van der Waals surface area contributed by atoms with E-state index in [1.165, 1.54) is 13.3 Å². The van der Waals surface area contributed by atoms with E-state index in [9.17, 15) is 9.59 Å². The maximum absolute atomic E-state index is 11.7. The summed E-state index contributed by atoms with van der Waals surface area (Å²) >= 11 is 5.92. The molecule has 0 fully saturated rings. The first-order chi connectivity index (χ1) is 7.65. The molecule has 84 valence electrons. The minimum atomic E-state index is -0.860. The molecule has 1 atom stereocenters. The fraction of sp³-hybridized carbons (Fsp3) is 0.300. The highest BCUT2D eigenvalue weighted by atomic mass is 35.5. The molecule has 0 bridgehead atoms. The number of pyridine rings is 1. The molecule has 1 aliphatic heterocycles. The quantitative estimate of drug-likeness (QED) is 0.617. The van der Waals surface area contributed by atoms with E-state index in [4.69, 9.17) is 11.6 Å². The van der Waals surface area contributed by atoms with Gasteiger partial charge >= 0.3 is 5.97 Å². The van der Waals surface area contributed by atoms with Gasteiger partial charge in [0.25, 0.3) is 5.78 Å². The number of carbonyl (C=O) groups excluding carboxylic acids is 2. The largest absolute Gasteiger partial charge is 0.463 e.